The van der Waals surface area contributed by atoms with E-state index >= 15 is 0 Å². The van der Waals surface area contributed by atoms with Crippen molar-refractivity contribution in [3.8, 4) is 0 Å². The molecule has 0 spiro atoms. The molecule has 0 atom stereocenters. The Balaban J connectivity index is 1.84. The molecule has 2 nitrogen and oxygen atoms in total. The molecule has 27 heavy (non-hydrogen) atoms. The number of rotatable bonds is 8. The van der Waals surface area contributed by atoms with E-state index in [0.29, 0.717) is 6.42 Å². The summed E-state index contributed by atoms with van der Waals surface area (Å²) in [4.78, 5) is 11.0. The van der Waals surface area contributed by atoms with Gasteiger partial charge in [0.15, 0.2) is 0 Å². The van der Waals surface area contributed by atoms with Gasteiger partial charge in [0.1, 0.15) is 0 Å². The van der Waals surface area contributed by atoms with Crippen LogP contribution >= 0.6 is 0 Å². The van der Waals surface area contributed by atoms with Gasteiger partial charge in [-0.15, -0.1) is 0 Å². The summed E-state index contributed by atoms with van der Waals surface area (Å²) in [7, 11) is 0. The molecular weight excluding hydrogens is 332 g/mol. The first-order valence-electron chi connectivity index (χ1n) is 10.1. The van der Waals surface area contributed by atoms with E-state index < -0.39 is 5.97 Å². The molecule has 138 valence electrons. The van der Waals surface area contributed by atoms with E-state index in [1.54, 1.807) is 0 Å². The zero-order valence-electron chi connectivity index (χ0n) is 15.9. The number of carboxylic acids is 1. The second-order valence-corrected chi connectivity index (χ2v) is 7.58. The van der Waals surface area contributed by atoms with E-state index in [9.17, 15) is 4.79 Å². The molecule has 0 aliphatic heterocycles. The van der Waals surface area contributed by atoms with E-state index in [-0.39, 0.29) is 6.42 Å². The second kappa shape index (κ2) is 7.56. The van der Waals surface area contributed by atoms with Crippen LogP contribution in [0.15, 0.2) is 48.5 Å². The summed E-state index contributed by atoms with van der Waals surface area (Å²) >= 11 is 0. The summed E-state index contributed by atoms with van der Waals surface area (Å²) in [5.74, 6) is -0.741. The lowest BCUT2D eigenvalue weighted by Gasteiger charge is -2.16. The number of hydrogen-bond donors (Lipinski definition) is 1. The molecular formula is C25H26O2. The number of aryl methyl sites for hydroxylation is 2. The van der Waals surface area contributed by atoms with E-state index in [4.69, 9.17) is 5.11 Å². The van der Waals surface area contributed by atoms with Crippen molar-refractivity contribution in [2.24, 2.45) is 0 Å². The number of benzene rings is 4. The van der Waals surface area contributed by atoms with E-state index in [0.717, 1.165) is 12.0 Å². The molecule has 0 aliphatic rings. The molecule has 0 saturated carbocycles. The highest BCUT2D eigenvalue weighted by Crippen LogP contribution is 2.38. The van der Waals surface area contributed by atoms with Crippen LogP contribution in [0.4, 0.5) is 0 Å². The van der Waals surface area contributed by atoms with Crippen molar-refractivity contribution in [1.29, 1.82) is 0 Å². The van der Waals surface area contributed by atoms with Crippen LogP contribution in [0, 0.1) is 0 Å². The van der Waals surface area contributed by atoms with Crippen molar-refractivity contribution >= 4 is 38.3 Å². The SMILES string of the molecule is CCCCCCc1ccc2ccc3c(CCC(=O)O)ccc4ccc1c2c43. The third kappa shape index (κ3) is 3.37. The maximum absolute atomic E-state index is 11.0. The van der Waals surface area contributed by atoms with Gasteiger partial charge in [-0.1, -0.05) is 74.7 Å². The molecule has 0 aliphatic carbocycles. The zero-order valence-corrected chi connectivity index (χ0v) is 15.9. The molecule has 0 bridgehead atoms. The van der Waals surface area contributed by atoms with Gasteiger partial charge in [-0.25, -0.2) is 0 Å². The molecule has 2 heteroatoms. The highest BCUT2D eigenvalue weighted by molar-refractivity contribution is 6.24. The Morgan fingerprint density at radius 2 is 1.30 bits per heavy atom. The third-order valence-corrected chi connectivity index (χ3v) is 5.75. The predicted molar refractivity (Wildman–Crippen MR) is 114 cm³/mol. The molecule has 0 unspecified atom stereocenters. The summed E-state index contributed by atoms with van der Waals surface area (Å²) < 4.78 is 0. The van der Waals surface area contributed by atoms with Gasteiger partial charge in [0.25, 0.3) is 0 Å². The maximum Gasteiger partial charge on any atom is 0.303 e. The minimum atomic E-state index is -0.741. The van der Waals surface area contributed by atoms with E-state index in [2.05, 4.69) is 55.5 Å². The lowest BCUT2D eigenvalue weighted by molar-refractivity contribution is -0.136. The fourth-order valence-corrected chi connectivity index (χ4v) is 4.34. The average molecular weight is 358 g/mol. The van der Waals surface area contributed by atoms with Crippen molar-refractivity contribution < 1.29 is 9.90 Å². The van der Waals surface area contributed by atoms with Crippen molar-refractivity contribution in [2.45, 2.75) is 51.9 Å². The Kier molecular flexibility index (Phi) is 4.98. The number of carboxylic acid groups (broad SMARTS) is 1. The standard InChI is InChI=1S/C25H26O2/c1-2-3-4-5-6-17-7-9-19-12-15-22-18(13-16-23(26)27)8-10-20-11-14-21(17)24(19)25(20)22/h7-12,14-15H,2-6,13,16H2,1H3,(H,26,27). The molecule has 4 rings (SSSR count). The normalized spacial score (nSPS) is 11.7. The van der Waals surface area contributed by atoms with Gasteiger partial charge in [-0.05, 0) is 62.7 Å². The van der Waals surface area contributed by atoms with Crippen LogP contribution in [-0.4, -0.2) is 11.1 Å². The van der Waals surface area contributed by atoms with Gasteiger partial charge in [0.05, 0.1) is 0 Å². The van der Waals surface area contributed by atoms with Crippen LogP contribution in [0.2, 0.25) is 0 Å². The van der Waals surface area contributed by atoms with Crippen LogP contribution in [-0.2, 0) is 17.6 Å². The fraction of sp³-hybridized carbons (Fsp3) is 0.320. The fourth-order valence-electron chi connectivity index (χ4n) is 4.34. The van der Waals surface area contributed by atoms with Crippen LogP contribution in [0.3, 0.4) is 0 Å². The first kappa shape index (κ1) is 17.8. The predicted octanol–water partition coefficient (Wildman–Crippen LogP) is 6.72. The van der Waals surface area contributed by atoms with Crippen molar-refractivity contribution in [3.05, 3.63) is 59.7 Å². The first-order chi connectivity index (χ1) is 13.2. The largest absolute Gasteiger partial charge is 0.481 e. The Morgan fingerprint density at radius 1 is 0.741 bits per heavy atom. The number of carbonyl (C=O) groups is 1. The Hall–Kier alpha value is -2.61. The van der Waals surface area contributed by atoms with Gasteiger partial charge in [0, 0.05) is 6.42 Å². The maximum atomic E-state index is 11.0. The number of aliphatic carboxylic acids is 1. The summed E-state index contributed by atoms with van der Waals surface area (Å²) in [6, 6.07) is 17.6. The molecule has 0 heterocycles. The molecule has 0 radical (unpaired) electrons. The van der Waals surface area contributed by atoms with Gasteiger partial charge < -0.3 is 5.11 Å². The van der Waals surface area contributed by atoms with Crippen LogP contribution in [0.25, 0.3) is 32.3 Å². The summed E-state index contributed by atoms with van der Waals surface area (Å²) in [6.07, 6.45) is 6.97. The molecule has 4 aromatic rings. The summed E-state index contributed by atoms with van der Waals surface area (Å²) in [6.45, 7) is 2.25. The lowest BCUT2D eigenvalue weighted by atomic mass is 9.88. The molecule has 4 aromatic carbocycles. The van der Waals surface area contributed by atoms with Gasteiger partial charge in [-0.3, -0.25) is 4.79 Å². The average Bonchev–Trinajstić information content (AvgIpc) is 2.68. The Bertz CT molecular complexity index is 1090. The van der Waals surface area contributed by atoms with Gasteiger partial charge >= 0.3 is 5.97 Å². The molecule has 0 fully saturated rings. The van der Waals surface area contributed by atoms with Crippen molar-refractivity contribution in [2.75, 3.05) is 0 Å². The summed E-state index contributed by atoms with van der Waals surface area (Å²) in [5.41, 5.74) is 2.57. The van der Waals surface area contributed by atoms with Crippen LogP contribution in [0.5, 0.6) is 0 Å². The highest BCUT2D eigenvalue weighted by Gasteiger charge is 2.13. The molecule has 0 aromatic heterocycles. The topological polar surface area (TPSA) is 37.3 Å². The van der Waals surface area contributed by atoms with E-state index in [1.165, 1.54) is 63.6 Å². The third-order valence-electron chi connectivity index (χ3n) is 5.75. The number of unbranched alkanes of at least 4 members (excludes halogenated alkanes) is 3. The molecule has 0 amide bonds. The van der Waals surface area contributed by atoms with Gasteiger partial charge in [0.2, 0.25) is 0 Å². The Morgan fingerprint density at radius 3 is 1.85 bits per heavy atom. The van der Waals surface area contributed by atoms with E-state index in [1.807, 2.05) is 0 Å². The second-order valence-electron chi connectivity index (χ2n) is 7.58. The minimum Gasteiger partial charge on any atom is -0.481 e. The van der Waals surface area contributed by atoms with Crippen molar-refractivity contribution in [1.82, 2.24) is 0 Å². The smallest absolute Gasteiger partial charge is 0.303 e. The van der Waals surface area contributed by atoms with Gasteiger partial charge in [-0.2, -0.15) is 0 Å². The number of hydrogen-bond acceptors (Lipinski definition) is 1. The highest BCUT2D eigenvalue weighted by atomic mass is 16.4. The van der Waals surface area contributed by atoms with Crippen molar-refractivity contribution in [3.63, 3.8) is 0 Å². The minimum absolute atomic E-state index is 0.173. The molecule has 1 N–H and O–H groups in total. The monoisotopic (exact) mass is 358 g/mol. The first-order valence-corrected chi connectivity index (χ1v) is 10.1. The molecule has 0 saturated heterocycles. The lowest BCUT2D eigenvalue weighted by Crippen LogP contribution is -1.98. The zero-order chi connectivity index (χ0) is 18.8. The van der Waals surface area contributed by atoms with Crippen LogP contribution < -0.4 is 0 Å². The Labute approximate surface area is 160 Å². The summed E-state index contributed by atoms with van der Waals surface area (Å²) in [5, 5.41) is 16.8. The van der Waals surface area contributed by atoms with Crippen LogP contribution in [0.1, 0.15) is 50.2 Å². The quantitative estimate of drug-likeness (QED) is 0.280.